The van der Waals surface area contributed by atoms with Crippen molar-refractivity contribution in [2.75, 3.05) is 26.2 Å². The zero-order valence-corrected chi connectivity index (χ0v) is 26.5. The summed E-state index contributed by atoms with van der Waals surface area (Å²) < 4.78 is 28.2. The summed E-state index contributed by atoms with van der Waals surface area (Å²) >= 11 is 12.7. The monoisotopic (exact) mass is 656 g/mol. The molecule has 2 N–H and O–H groups in total. The normalized spacial score (nSPS) is 27.4. The molecule has 7 rings (SSSR count). The average molecular weight is 658 g/mol. The molecule has 0 bridgehead atoms. The lowest BCUT2D eigenvalue weighted by Crippen LogP contribution is -2.51. The smallest absolute Gasteiger partial charge is 0.244 e. The minimum atomic E-state index is -4.02. The van der Waals surface area contributed by atoms with E-state index in [4.69, 9.17) is 23.2 Å². The molecule has 3 saturated carbocycles. The first kappa shape index (κ1) is 29.9. The van der Waals surface area contributed by atoms with Gasteiger partial charge in [-0.05, 0) is 74.3 Å². The first-order valence-electron chi connectivity index (χ1n) is 15.2. The molecule has 1 unspecified atom stereocenters. The number of pyridine rings is 1. The maximum atomic E-state index is 14.1. The number of hydrogen-bond acceptors (Lipinski definition) is 8. The van der Waals surface area contributed by atoms with Crippen molar-refractivity contribution in [3.8, 4) is 6.07 Å². The Bertz CT molecular complexity index is 1650. The summed E-state index contributed by atoms with van der Waals surface area (Å²) in [5.74, 6) is -0.823. The molecule has 2 aliphatic heterocycles. The number of rotatable bonds is 8. The summed E-state index contributed by atoms with van der Waals surface area (Å²) in [6, 6.07) is 10.3. The van der Waals surface area contributed by atoms with Crippen LogP contribution >= 0.6 is 23.2 Å². The summed E-state index contributed by atoms with van der Waals surface area (Å²) in [7, 11) is -4.02. The van der Waals surface area contributed by atoms with Crippen molar-refractivity contribution < 1.29 is 18.0 Å². The first-order chi connectivity index (χ1) is 21.0. The summed E-state index contributed by atoms with van der Waals surface area (Å²) in [4.78, 5) is 35.7. The largest absolute Gasteiger partial charge is 0.336 e. The van der Waals surface area contributed by atoms with Crippen LogP contribution in [0, 0.1) is 11.3 Å². The summed E-state index contributed by atoms with van der Waals surface area (Å²) in [5, 5.41) is 15.3. The third-order valence-electron chi connectivity index (χ3n) is 9.97. The zero-order chi connectivity index (χ0) is 30.9. The van der Waals surface area contributed by atoms with E-state index in [1.165, 1.54) is 17.7 Å². The van der Waals surface area contributed by atoms with E-state index in [1.54, 1.807) is 30.5 Å². The Morgan fingerprint density at radius 1 is 1.09 bits per heavy atom. The van der Waals surface area contributed by atoms with E-state index >= 15 is 0 Å². The number of benzene rings is 1. The molecule has 3 aliphatic carbocycles. The minimum Gasteiger partial charge on any atom is -0.336 e. The van der Waals surface area contributed by atoms with E-state index in [9.17, 15) is 23.3 Å². The van der Waals surface area contributed by atoms with Crippen molar-refractivity contribution >= 4 is 44.9 Å². The average Bonchev–Trinajstić information content (AvgIpc) is 3.92. The third kappa shape index (κ3) is 5.39. The maximum Gasteiger partial charge on any atom is 0.244 e. The number of carbonyl (C=O) groups excluding carboxylic acids is 2. The minimum absolute atomic E-state index is 0.00467. The fraction of sp³-hybridized carbons (Fsp3) is 0.548. The van der Waals surface area contributed by atoms with Gasteiger partial charge in [0.1, 0.15) is 16.7 Å². The highest BCUT2D eigenvalue weighted by atomic mass is 35.5. The standard InChI is InChI=1S/C31H34Cl2N6O4S/c32-23-13-19(24-17-38(12-11-35-24)21-3-4-21)1-5-26(23)44(42,43)22-14-25(28(40)37-30(18-34)7-8-30)39(16-22)29(41)31(9-10-31)20-2-6-27(33)36-15-20/h1-2,5-6,13,15,21-22,24-25,35H,3-4,7-12,14,16-17H2,(H,37,40)/t22-,24?,25+/m1/s1. The number of carbonyl (C=O) groups is 2. The van der Waals surface area contributed by atoms with Crippen LogP contribution in [0.1, 0.15) is 62.1 Å². The maximum absolute atomic E-state index is 14.1. The van der Waals surface area contributed by atoms with Crippen LogP contribution in [0.4, 0.5) is 0 Å². The van der Waals surface area contributed by atoms with E-state index in [1.807, 2.05) is 6.07 Å². The number of halogens is 2. The van der Waals surface area contributed by atoms with Gasteiger partial charge < -0.3 is 15.5 Å². The molecular formula is C31H34Cl2N6O4S. The Labute approximate surface area is 267 Å². The number of aromatic nitrogens is 1. The Kier molecular flexibility index (Phi) is 7.45. The Balaban J connectivity index is 1.15. The molecule has 3 atom stereocenters. The highest BCUT2D eigenvalue weighted by Gasteiger charge is 2.58. The Hall–Kier alpha value is -2.75. The number of sulfone groups is 1. The molecule has 2 saturated heterocycles. The summed E-state index contributed by atoms with van der Waals surface area (Å²) in [5.41, 5.74) is -0.231. The second-order valence-corrected chi connectivity index (χ2v) is 15.9. The number of nitrogens with one attached hydrogen (secondary N) is 2. The van der Waals surface area contributed by atoms with Gasteiger partial charge in [0.2, 0.25) is 11.8 Å². The molecule has 2 amide bonds. The molecule has 3 heterocycles. The SMILES string of the molecule is N#CC1(NC(=O)[C@@H]2C[C@@H](S(=O)(=O)c3ccc(C4CN(C5CC5)CCN4)cc3Cl)CN2C(=O)C2(c3ccc(Cl)nc3)CC2)CC1. The second-order valence-electron chi connectivity index (χ2n) is 12.9. The van der Waals surface area contributed by atoms with E-state index in [0.717, 1.165) is 25.2 Å². The fourth-order valence-corrected chi connectivity index (χ4v) is 9.16. The Morgan fingerprint density at radius 3 is 2.48 bits per heavy atom. The molecule has 13 heteroatoms. The molecule has 232 valence electrons. The molecule has 10 nitrogen and oxygen atoms in total. The molecule has 44 heavy (non-hydrogen) atoms. The van der Waals surface area contributed by atoms with Crippen molar-refractivity contribution in [2.45, 2.75) is 84.2 Å². The molecule has 5 aliphatic rings. The predicted octanol–water partition coefficient (Wildman–Crippen LogP) is 3.14. The van der Waals surface area contributed by atoms with Gasteiger partial charge >= 0.3 is 0 Å². The van der Waals surface area contributed by atoms with Crippen LogP contribution < -0.4 is 10.6 Å². The van der Waals surface area contributed by atoms with Gasteiger partial charge in [0.25, 0.3) is 0 Å². The van der Waals surface area contributed by atoms with Crippen LogP contribution in [0.25, 0.3) is 0 Å². The van der Waals surface area contributed by atoms with E-state index in [2.05, 4.69) is 26.6 Å². The van der Waals surface area contributed by atoms with E-state index in [0.29, 0.717) is 42.4 Å². The molecule has 1 aromatic carbocycles. The molecule has 2 aromatic rings. The van der Waals surface area contributed by atoms with Gasteiger partial charge in [-0.25, -0.2) is 13.4 Å². The quantitative estimate of drug-likeness (QED) is 0.414. The number of hydrogen-bond donors (Lipinski definition) is 2. The van der Waals surface area contributed by atoms with Crippen LogP contribution in [0.2, 0.25) is 10.2 Å². The van der Waals surface area contributed by atoms with Crippen LogP contribution in [0.15, 0.2) is 41.4 Å². The van der Waals surface area contributed by atoms with Crippen LogP contribution in [-0.4, -0.2) is 84.1 Å². The number of piperazine rings is 1. The lowest BCUT2D eigenvalue weighted by atomic mass is 9.95. The predicted molar refractivity (Wildman–Crippen MR) is 164 cm³/mol. The van der Waals surface area contributed by atoms with Gasteiger partial charge in [-0.3, -0.25) is 14.5 Å². The number of likely N-dealkylation sites (tertiary alicyclic amines) is 1. The summed E-state index contributed by atoms with van der Waals surface area (Å²) in [6.07, 6.45) is 6.07. The van der Waals surface area contributed by atoms with Crippen molar-refractivity contribution in [2.24, 2.45) is 0 Å². The molecule has 0 radical (unpaired) electrons. The van der Waals surface area contributed by atoms with Crippen LogP contribution in [0.3, 0.4) is 0 Å². The van der Waals surface area contributed by atoms with Crippen LogP contribution in [0.5, 0.6) is 0 Å². The van der Waals surface area contributed by atoms with Gasteiger partial charge in [-0.2, -0.15) is 5.26 Å². The lowest BCUT2D eigenvalue weighted by Gasteiger charge is -2.34. The van der Waals surface area contributed by atoms with Crippen molar-refractivity contribution in [3.05, 3.63) is 57.8 Å². The van der Waals surface area contributed by atoms with Gasteiger partial charge in [-0.1, -0.05) is 35.3 Å². The highest BCUT2D eigenvalue weighted by Crippen LogP contribution is 2.51. The van der Waals surface area contributed by atoms with Crippen LogP contribution in [-0.2, 0) is 24.8 Å². The number of nitrogens with zero attached hydrogens (tertiary/aromatic N) is 4. The van der Waals surface area contributed by atoms with Crippen molar-refractivity contribution in [1.82, 2.24) is 25.4 Å². The lowest BCUT2D eigenvalue weighted by molar-refractivity contribution is -0.140. The van der Waals surface area contributed by atoms with Gasteiger partial charge in [0.05, 0.1) is 26.7 Å². The fourth-order valence-electron chi connectivity index (χ4n) is 6.80. The molecular weight excluding hydrogens is 623 g/mol. The van der Waals surface area contributed by atoms with Crippen molar-refractivity contribution in [3.63, 3.8) is 0 Å². The van der Waals surface area contributed by atoms with E-state index in [-0.39, 0.29) is 34.8 Å². The first-order valence-corrected chi connectivity index (χ1v) is 17.5. The number of nitriles is 1. The second kappa shape index (κ2) is 11.0. The molecule has 0 spiro atoms. The Morgan fingerprint density at radius 2 is 1.86 bits per heavy atom. The molecule has 5 fully saturated rings. The van der Waals surface area contributed by atoms with E-state index < -0.39 is 38.0 Å². The van der Waals surface area contributed by atoms with Crippen molar-refractivity contribution in [1.29, 1.82) is 5.26 Å². The summed E-state index contributed by atoms with van der Waals surface area (Å²) in [6.45, 7) is 2.55. The third-order valence-corrected chi connectivity index (χ3v) is 12.8. The van der Waals surface area contributed by atoms with Gasteiger partial charge in [0.15, 0.2) is 9.84 Å². The highest BCUT2D eigenvalue weighted by molar-refractivity contribution is 7.92. The van der Waals surface area contributed by atoms with Gasteiger partial charge in [-0.15, -0.1) is 0 Å². The molecule has 1 aromatic heterocycles. The topological polar surface area (TPSA) is 136 Å². The van der Waals surface area contributed by atoms with Gasteiger partial charge in [0, 0.05) is 44.5 Å². The number of amides is 2. The zero-order valence-electron chi connectivity index (χ0n) is 24.1.